The molecule has 6 nitrogen and oxygen atoms in total. The SMILES string of the molecule is COc1nc(N(C)CC(=O)O)ccc1N. The summed E-state index contributed by atoms with van der Waals surface area (Å²) in [5.74, 6) is -0.122. The van der Waals surface area contributed by atoms with Crippen LogP contribution in [0, 0.1) is 0 Å². The highest BCUT2D eigenvalue weighted by Gasteiger charge is 2.09. The van der Waals surface area contributed by atoms with E-state index in [9.17, 15) is 4.79 Å². The lowest BCUT2D eigenvalue weighted by molar-refractivity contribution is -0.135. The molecule has 0 saturated carbocycles. The standard InChI is InChI=1S/C9H13N3O3/c1-12(5-8(13)14)7-4-3-6(10)9(11-7)15-2/h3-4H,5,10H2,1-2H3,(H,13,14). The number of nitrogens with two attached hydrogens (primary N) is 1. The van der Waals surface area contributed by atoms with E-state index in [4.69, 9.17) is 15.6 Å². The molecular formula is C9H13N3O3. The van der Waals surface area contributed by atoms with Crippen LogP contribution in [0.1, 0.15) is 0 Å². The summed E-state index contributed by atoms with van der Waals surface area (Å²) in [5.41, 5.74) is 6.00. The molecule has 3 N–H and O–H groups in total. The maximum absolute atomic E-state index is 10.5. The molecular weight excluding hydrogens is 198 g/mol. The van der Waals surface area contributed by atoms with Crippen LogP contribution >= 0.6 is 0 Å². The molecule has 0 unspecified atom stereocenters. The summed E-state index contributed by atoms with van der Waals surface area (Å²) in [6.45, 7) is -0.125. The van der Waals surface area contributed by atoms with Crippen molar-refractivity contribution in [1.29, 1.82) is 0 Å². The fourth-order valence-corrected chi connectivity index (χ4v) is 1.10. The zero-order valence-electron chi connectivity index (χ0n) is 8.60. The van der Waals surface area contributed by atoms with Gasteiger partial charge in [-0.2, -0.15) is 4.98 Å². The molecule has 0 aliphatic carbocycles. The number of rotatable bonds is 4. The summed E-state index contributed by atoms with van der Waals surface area (Å²) < 4.78 is 4.93. The van der Waals surface area contributed by atoms with Crippen LogP contribution in [0.3, 0.4) is 0 Å². The van der Waals surface area contributed by atoms with Crippen molar-refractivity contribution in [2.24, 2.45) is 0 Å². The number of carbonyl (C=O) groups is 1. The largest absolute Gasteiger partial charge is 0.480 e. The molecule has 1 heterocycles. The maximum atomic E-state index is 10.5. The average Bonchev–Trinajstić information content (AvgIpc) is 2.17. The van der Waals surface area contributed by atoms with Crippen LogP contribution in [-0.4, -0.2) is 36.8 Å². The molecule has 0 bridgehead atoms. The molecule has 0 aliphatic rings. The van der Waals surface area contributed by atoms with E-state index in [1.165, 1.54) is 12.0 Å². The number of aliphatic carboxylic acids is 1. The van der Waals surface area contributed by atoms with Crippen LogP contribution in [0.5, 0.6) is 5.88 Å². The van der Waals surface area contributed by atoms with E-state index in [1.807, 2.05) is 0 Å². The monoisotopic (exact) mass is 211 g/mol. The van der Waals surface area contributed by atoms with Gasteiger partial charge >= 0.3 is 5.97 Å². The number of pyridine rings is 1. The van der Waals surface area contributed by atoms with Gasteiger partial charge in [-0.1, -0.05) is 0 Å². The Morgan fingerprint density at radius 2 is 2.33 bits per heavy atom. The number of carboxylic acids is 1. The molecule has 0 atom stereocenters. The lowest BCUT2D eigenvalue weighted by Crippen LogP contribution is -2.26. The number of nitrogens with zero attached hydrogens (tertiary/aromatic N) is 2. The Kier molecular flexibility index (Phi) is 3.33. The van der Waals surface area contributed by atoms with Gasteiger partial charge in [-0.05, 0) is 12.1 Å². The van der Waals surface area contributed by atoms with Gasteiger partial charge < -0.3 is 20.5 Å². The smallest absolute Gasteiger partial charge is 0.323 e. The van der Waals surface area contributed by atoms with Gasteiger partial charge in [0.05, 0.1) is 12.8 Å². The number of anilines is 2. The van der Waals surface area contributed by atoms with Crippen molar-refractivity contribution < 1.29 is 14.6 Å². The van der Waals surface area contributed by atoms with Crippen LogP contribution in [0.25, 0.3) is 0 Å². The van der Waals surface area contributed by atoms with E-state index in [0.29, 0.717) is 17.4 Å². The lowest BCUT2D eigenvalue weighted by atomic mass is 10.4. The molecule has 1 aromatic rings. The van der Waals surface area contributed by atoms with E-state index in [0.717, 1.165) is 0 Å². The summed E-state index contributed by atoms with van der Waals surface area (Å²) in [5, 5.41) is 8.60. The van der Waals surface area contributed by atoms with Crippen molar-refractivity contribution in [3.05, 3.63) is 12.1 Å². The third-order valence-electron chi connectivity index (χ3n) is 1.83. The first-order valence-electron chi connectivity index (χ1n) is 4.28. The van der Waals surface area contributed by atoms with Crippen molar-refractivity contribution in [2.45, 2.75) is 0 Å². The van der Waals surface area contributed by atoms with Crippen LogP contribution in [0.4, 0.5) is 11.5 Å². The molecule has 0 fully saturated rings. The van der Waals surface area contributed by atoms with E-state index in [-0.39, 0.29) is 6.54 Å². The summed E-state index contributed by atoms with van der Waals surface area (Å²) in [6, 6.07) is 3.26. The molecule has 0 saturated heterocycles. The van der Waals surface area contributed by atoms with Crippen molar-refractivity contribution in [3.8, 4) is 5.88 Å². The second-order valence-corrected chi connectivity index (χ2v) is 3.02. The number of hydrogen-bond donors (Lipinski definition) is 2. The van der Waals surface area contributed by atoms with Gasteiger partial charge in [0.25, 0.3) is 0 Å². The highest BCUT2D eigenvalue weighted by Crippen LogP contribution is 2.21. The van der Waals surface area contributed by atoms with Gasteiger partial charge in [-0.15, -0.1) is 0 Å². The van der Waals surface area contributed by atoms with Gasteiger partial charge in [-0.25, -0.2) is 0 Å². The Morgan fingerprint density at radius 3 is 2.87 bits per heavy atom. The number of ether oxygens (including phenoxy) is 1. The minimum Gasteiger partial charge on any atom is -0.480 e. The van der Waals surface area contributed by atoms with Gasteiger partial charge in [-0.3, -0.25) is 4.79 Å². The van der Waals surface area contributed by atoms with Crippen molar-refractivity contribution in [3.63, 3.8) is 0 Å². The van der Waals surface area contributed by atoms with Crippen LogP contribution < -0.4 is 15.4 Å². The summed E-state index contributed by atoms with van der Waals surface area (Å²) >= 11 is 0. The number of carboxylic acid groups (broad SMARTS) is 1. The number of aromatic nitrogens is 1. The highest BCUT2D eigenvalue weighted by molar-refractivity contribution is 5.73. The zero-order valence-corrected chi connectivity index (χ0v) is 8.60. The van der Waals surface area contributed by atoms with Crippen LogP contribution in [0.15, 0.2) is 12.1 Å². The first-order valence-corrected chi connectivity index (χ1v) is 4.28. The molecule has 0 spiro atoms. The van der Waals surface area contributed by atoms with Crippen LogP contribution in [-0.2, 0) is 4.79 Å². The number of methoxy groups -OCH3 is 1. The van der Waals surface area contributed by atoms with E-state index < -0.39 is 5.97 Å². The fourth-order valence-electron chi connectivity index (χ4n) is 1.10. The minimum absolute atomic E-state index is 0.125. The number of likely N-dealkylation sites (N-methyl/N-ethyl adjacent to an activating group) is 1. The van der Waals surface area contributed by atoms with Gasteiger partial charge in [0.2, 0.25) is 5.88 Å². The predicted molar refractivity (Wildman–Crippen MR) is 56.1 cm³/mol. The molecule has 6 heteroatoms. The Hall–Kier alpha value is -1.98. The Morgan fingerprint density at radius 1 is 1.67 bits per heavy atom. The second kappa shape index (κ2) is 4.50. The first-order chi connectivity index (χ1) is 7.04. The normalized spacial score (nSPS) is 9.73. The Labute approximate surface area is 87.3 Å². The van der Waals surface area contributed by atoms with E-state index in [2.05, 4.69) is 4.98 Å². The minimum atomic E-state index is -0.921. The lowest BCUT2D eigenvalue weighted by Gasteiger charge is -2.16. The van der Waals surface area contributed by atoms with Crippen molar-refractivity contribution in [2.75, 3.05) is 31.3 Å². The van der Waals surface area contributed by atoms with E-state index >= 15 is 0 Å². The van der Waals surface area contributed by atoms with Crippen molar-refractivity contribution in [1.82, 2.24) is 4.98 Å². The molecule has 15 heavy (non-hydrogen) atoms. The molecule has 0 aromatic carbocycles. The van der Waals surface area contributed by atoms with Gasteiger partial charge in [0, 0.05) is 7.05 Å². The highest BCUT2D eigenvalue weighted by atomic mass is 16.5. The predicted octanol–water partition coefficient (Wildman–Crippen LogP) is 0.193. The molecule has 0 aliphatic heterocycles. The molecule has 1 rings (SSSR count). The third kappa shape index (κ3) is 2.73. The van der Waals surface area contributed by atoms with Gasteiger partial charge in [0.1, 0.15) is 12.4 Å². The van der Waals surface area contributed by atoms with Crippen LogP contribution in [0.2, 0.25) is 0 Å². The summed E-state index contributed by atoms with van der Waals surface area (Å²) in [4.78, 5) is 16.0. The maximum Gasteiger partial charge on any atom is 0.323 e. The quantitative estimate of drug-likeness (QED) is 0.739. The van der Waals surface area contributed by atoms with Crippen molar-refractivity contribution >= 4 is 17.5 Å². The average molecular weight is 211 g/mol. The number of nitrogen functional groups attached to an aromatic ring is 1. The van der Waals surface area contributed by atoms with Gasteiger partial charge in [0.15, 0.2) is 0 Å². The molecule has 82 valence electrons. The van der Waals surface area contributed by atoms with E-state index in [1.54, 1.807) is 19.2 Å². The molecule has 0 amide bonds. The summed E-state index contributed by atoms with van der Waals surface area (Å²) in [7, 11) is 3.09. The second-order valence-electron chi connectivity index (χ2n) is 3.02. The number of hydrogen-bond acceptors (Lipinski definition) is 5. The topological polar surface area (TPSA) is 88.7 Å². The summed E-state index contributed by atoms with van der Waals surface area (Å²) in [6.07, 6.45) is 0. The first kappa shape index (κ1) is 11.1. The molecule has 0 radical (unpaired) electrons. The molecule has 1 aromatic heterocycles. The Bertz CT molecular complexity index is 368. The zero-order chi connectivity index (χ0) is 11.4. The Balaban J connectivity index is 2.90. The third-order valence-corrected chi connectivity index (χ3v) is 1.83. The fraction of sp³-hybridized carbons (Fsp3) is 0.333.